The molecule has 0 bridgehead atoms. The lowest BCUT2D eigenvalue weighted by Crippen LogP contribution is -2.17. The van der Waals surface area contributed by atoms with Crippen molar-refractivity contribution in [2.45, 2.75) is 63.2 Å². The van der Waals surface area contributed by atoms with Gasteiger partial charge in [0, 0.05) is 5.56 Å². The highest BCUT2D eigenvalue weighted by Crippen LogP contribution is 2.22. The number of carbonyl (C=O) groups is 2. The zero-order valence-electron chi connectivity index (χ0n) is 18.9. The Labute approximate surface area is 195 Å². The molecule has 9 heteroatoms. The van der Waals surface area contributed by atoms with Crippen molar-refractivity contribution in [3.05, 3.63) is 53.6 Å². The first-order valence-electron chi connectivity index (χ1n) is 11.2. The van der Waals surface area contributed by atoms with E-state index in [-0.39, 0.29) is 21.7 Å². The monoisotopic (exact) mass is 476 g/mol. The van der Waals surface area contributed by atoms with E-state index in [9.17, 15) is 23.1 Å². The molecule has 4 N–H and O–H groups in total. The Morgan fingerprint density at radius 3 is 2.27 bits per heavy atom. The largest absolute Gasteiger partial charge is 0.494 e. The summed E-state index contributed by atoms with van der Waals surface area (Å²) in [7, 11) is -4.07. The van der Waals surface area contributed by atoms with E-state index in [1.807, 2.05) is 0 Å². The molecule has 0 aliphatic heterocycles. The molecule has 33 heavy (non-hydrogen) atoms. The number of carbonyl (C=O) groups excluding carboxylic acids is 1. The van der Waals surface area contributed by atoms with Gasteiger partial charge in [0.2, 0.25) is 10.0 Å². The third kappa shape index (κ3) is 8.86. The molecule has 0 aliphatic rings. The number of carboxylic acid groups (broad SMARTS) is 1. The van der Waals surface area contributed by atoms with Crippen molar-refractivity contribution in [2.75, 3.05) is 11.9 Å². The molecule has 0 radical (unpaired) electrons. The van der Waals surface area contributed by atoms with Crippen LogP contribution in [0, 0.1) is 0 Å². The molecular weight excluding hydrogens is 444 g/mol. The number of hydrogen-bond donors (Lipinski definition) is 3. The summed E-state index contributed by atoms with van der Waals surface area (Å²) in [5.74, 6) is -1.38. The van der Waals surface area contributed by atoms with Gasteiger partial charge in [-0.05, 0) is 42.8 Å². The maximum atomic E-state index is 12.6. The quantitative estimate of drug-likeness (QED) is 0.335. The number of carboxylic acids is 1. The molecule has 0 fully saturated rings. The first-order chi connectivity index (χ1) is 15.7. The Bertz CT molecular complexity index is 1050. The van der Waals surface area contributed by atoms with Crippen LogP contribution in [0.5, 0.6) is 5.75 Å². The fourth-order valence-corrected chi connectivity index (χ4v) is 3.87. The summed E-state index contributed by atoms with van der Waals surface area (Å²) in [6.45, 7) is 2.76. The Kier molecular flexibility index (Phi) is 10.3. The summed E-state index contributed by atoms with van der Waals surface area (Å²) in [6, 6.07) is 9.85. The number of sulfonamides is 1. The van der Waals surface area contributed by atoms with Gasteiger partial charge in [-0.1, -0.05) is 57.9 Å². The number of benzene rings is 2. The van der Waals surface area contributed by atoms with Crippen LogP contribution in [0.4, 0.5) is 5.69 Å². The Morgan fingerprint density at radius 2 is 1.64 bits per heavy atom. The minimum atomic E-state index is -4.07. The molecule has 2 aromatic carbocycles. The van der Waals surface area contributed by atoms with E-state index in [4.69, 9.17) is 9.88 Å². The summed E-state index contributed by atoms with van der Waals surface area (Å²) >= 11 is 0. The highest BCUT2D eigenvalue weighted by molar-refractivity contribution is 7.89. The van der Waals surface area contributed by atoms with E-state index in [2.05, 4.69) is 12.2 Å². The van der Waals surface area contributed by atoms with Gasteiger partial charge < -0.3 is 15.2 Å². The van der Waals surface area contributed by atoms with Gasteiger partial charge in [0.15, 0.2) is 0 Å². The fraction of sp³-hybridized carbons (Fsp3) is 0.417. The lowest BCUT2D eigenvalue weighted by atomic mass is 10.1. The van der Waals surface area contributed by atoms with E-state index < -0.39 is 21.9 Å². The topological polar surface area (TPSA) is 136 Å². The SMILES string of the molecule is CCCCCCCCCCOc1cccc(C(=O)Nc2ccc(S(N)(=O)=O)cc2C(=O)O)c1. The predicted octanol–water partition coefficient (Wildman–Crippen LogP) is 4.80. The maximum absolute atomic E-state index is 12.6. The summed E-state index contributed by atoms with van der Waals surface area (Å²) in [5, 5.41) is 17.0. The van der Waals surface area contributed by atoms with Gasteiger partial charge in [-0.25, -0.2) is 18.4 Å². The number of rotatable bonds is 14. The smallest absolute Gasteiger partial charge is 0.337 e. The fourth-order valence-electron chi connectivity index (χ4n) is 3.33. The van der Waals surface area contributed by atoms with E-state index >= 15 is 0 Å². The van der Waals surface area contributed by atoms with Crippen molar-refractivity contribution in [3.63, 3.8) is 0 Å². The summed E-state index contributed by atoms with van der Waals surface area (Å²) in [5.41, 5.74) is -0.127. The molecule has 0 saturated heterocycles. The van der Waals surface area contributed by atoms with Gasteiger partial charge in [-0.2, -0.15) is 0 Å². The van der Waals surface area contributed by atoms with E-state index in [1.165, 1.54) is 44.6 Å². The number of nitrogens with one attached hydrogen (secondary N) is 1. The van der Waals surface area contributed by atoms with Gasteiger partial charge in [0.1, 0.15) is 5.75 Å². The highest BCUT2D eigenvalue weighted by atomic mass is 32.2. The van der Waals surface area contributed by atoms with Crippen molar-refractivity contribution in [3.8, 4) is 5.75 Å². The molecule has 0 spiro atoms. The van der Waals surface area contributed by atoms with Crippen LogP contribution >= 0.6 is 0 Å². The summed E-state index contributed by atoms with van der Waals surface area (Å²) in [4.78, 5) is 23.8. The molecule has 0 heterocycles. The first kappa shape index (κ1) is 26.3. The standard InChI is InChI=1S/C24H32N2O6S/c1-2-3-4-5-6-7-8-9-15-32-19-12-10-11-18(16-19)23(27)26-22-14-13-20(33(25,30)31)17-21(22)24(28)29/h10-14,16-17H,2-9,15H2,1H3,(H,26,27)(H,28,29)(H2,25,30,31). The first-order valence-corrected chi connectivity index (χ1v) is 12.7. The number of ether oxygens (including phenoxy) is 1. The molecule has 180 valence electrons. The molecule has 0 saturated carbocycles. The van der Waals surface area contributed by atoms with Gasteiger partial charge in [-0.15, -0.1) is 0 Å². The minimum Gasteiger partial charge on any atom is -0.494 e. The van der Waals surface area contributed by atoms with Crippen molar-refractivity contribution in [1.82, 2.24) is 0 Å². The number of aromatic carboxylic acids is 1. The second kappa shape index (κ2) is 13.0. The number of nitrogens with two attached hydrogens (primary N) is 1. The van der Waals surface area contributed by atoms with Gasteiger partial charge >= 0.3 is 5.97 Å². The van der Waals surface area contributed by atoms with Crippen molar-refractivity contribution in [1.29, 1.82) is 0 Å². The Balaban J connectivity index is 1.92. The van der Waals surface area contributed by atoms with Gasteiger partial charge in [0.25, 0.3) is 5.91 Å². The lowest BCUT2D eigenvalue weighted by Gasteiger charge is -2.11. The molecule has 8 nitrogen and oxygen atoms in total. The minimum absolute atomic E-state index is 0.0369. The van der Waals surface area contributed by atoms with Crippen molar-refractivity contribution >= 4 is 27.6 Å². The number of hydrogen-bond acceptors (Lipinski definition) is 5. The number of amides is 1. The maximum Gasteiger partial charge on any atom is 0.337 e. The van der Waals surface area contributed by atoms with Crippen LogP contribution in [0.2, 0.25) is 0 Å². The molecule has 1 amide bonds. The molecule has 2 rings (SSSR count). The average Bonchev–Trinajstić information content (AvgIpc) is 2.77. The van der Waals surface area contributed by atoms with Crippen LogP contribution in [0.25, 0.3) is 0 Å². The number of unbranched alkanes of at least 4 members (excludes halogenated alkanes) is 7. The van der Waals surface area contributed by atoms with Crippen molar-refractivity contribution < 1.29 is 27.9 Å². The van der Waals surface area contributed by atoms with Crippen LogP contribution in [-0.4, -0.2) is 32.0 Å². The normalized spacial score (nSPS) is 11.2. The molecule has 0 unspecified atom stereocenters. The number of anilines is 1. The third-order valence-corrected chi connectivity index (χ3v) is 6.07. The predicted molar refractivity (Wildman–Crippen MR) is 127 cm³/mol. The summed E-state index contributed by atoms with van der Waals surface area (Å²) < 4.78 is 28.7. The number of primary sulfonamides is 1. The van der Waals surface area contributed by atoms with Crippen LogP contribution in [0.15, 0.2) is 47.4 Å². The van der Waals surface area contributed by atoms with Crippen molar-refractivity contribution in [2.24, 2.45) is 5.14 Å². The van der Waals surface area contributed by atoms with E-state index in [1.54, 1.807) is 24.3 Å². The highest BCUT2D eigenvalue weighted by Gasteiger charge is 2.18. The van der Waals surface area contributed by atoms with E-state index in [0.717, 1.165) is 25.0 Å². The van der Waals surface area contributed by atoms with Crippen LogP contribution in [0.3, 0.4) is 0 Å². The van der Waals surface area contributed by atoms with Crippen LogP contribution < -0.4 is 15.2 Å². The second-order valence-electron chi connectivity index (χ2n) is 7.86. The molecular formula is C24H32N2O6S. The van der Waals surface area contributed by atoms with Crippen LogP contribution in [-0.2, 0) is 10.0 Å². The van der Waals surface area contributed by atoms with Gasteiger partial charge in [-0.3, -0.25) is 4.79 Å². The zero-order chi connectivity index (χ0) is 24.3. The molecule has 0 aliphatic carbocycles. The van der Waals surface area contributed by atoms with E-state index in [0.29, 0.717) is 12.4 Å². The third-order valence-electron chi connectivity index (χ3n) is 5.16. The van der Waals surface area contributed by atoms with Gasteiger partial charge in [0.05, 0.1) is 22.8 Å². The lowest BCUT2D eigenvalue weighted by molar-refractivity contribution is 0.0697. The Morgan fingerprint density at radius 1 is 0.970 bits per heavy atom. The molecule has 2 aromatic rings. The zero-order valence-corrected chi connectivity index (χ0v) is 19.7. The summed E-state index contributed by atoms with van der Waals surface area (Å²) in [6.07, 6.45) is 9.58. The Hall–Kier alpha value is -2.91. The van der Waals surface area contributed by atoms with Crippen LogP contribution in [0.1, 0.15) is 79.0 Å². The average molecular weight is 477 g/mol. The second-order valence-corrected chi connectivity index (χ2v) is 9.42. The molecule has 0 atom stereocenters. The molecule has 0 aromatic heterocycles.